The van der Waals surface area contributed by atoms with Gasteiger partial charge in [-0.2, -0.15) is 0 Å². The van der Waals surface area contributed by atoms with Gasteiger partial charge in [-0.15, -0.1) is 0 Å². The highest BCUT2D eigenvalue weighted by molar-refractivity contribution is 6.07. The number of nitrogens with zero attached hydrogens (tertiary/aromatic N) is 1. The first kappa shape index (κ1) is 40.7. The van der Waals surface area contributed by atoms with Gasteiger partial charge in [-0.1, -0.05) is 164 Å². The normalized spacial score (nSPS) is 14.3. The summed E-state index contributed by atoms with van der Waals surface area (Å²) in [5.74, 6) is 0. The Balaban J connectivity index is 0.887. The van der Waals surface area contributed by atoms with Crippen LogP contribution in [0.1, 0.15) is 33.4 Å². The van der Waals surface area contributed by atoms with Crippen molar-refractivity contribution in [2.24, 2.45) is 0 Å². The van der Waals surface area contributed by atoms with Crippen LogP contribution in [0.5, 0.6) is 0 Å². The third kappa shape index (κ3) is 5.79. The molecule has 2 aliphatic carbocycles. The van der Waals surface area contributed by atoms with E-state index in [9.17, 15) is 0 Å². The minimum Gasteiger partial charge on any atom is -0.456 e. The summed E-state index contributed by atoms with van der Waals surface area (Å²) in [5.41, 5.74) is 26.5. The Labute approximate surface area is 417 Å². The van der Waals surface area contributed by atoms with Gasteiger partial charge in [0.05, 0.1) is 5.41 Å². The van der Waals surface area contributed by atoms with E-state index in [1.807, 2.05) is 24.3 Å². The molecule has 1 spiro atoms. The van der Waals surface area contributed by atoms with E-state index in [1.165, 1.54) is 66.8 Å². The zero-order chi connectivity index (χ0) is 47.7. The molecule has 2 heterocycles. The summed E-state index contributed by atoms with van der Waals surface area (Å²) in [6, 6.07) is 86.5. The second kappa shape index (κ2) is 15.4. The number of aryl methyl sites for hydroxylation is 2. The molecule has 11 aromatic carbocycles. The maximum absolute atomic E-state index is 6.33. The van der Waals surface area contributed by atoms with Gasteiger partial charge in [0.2, 0.25) is 0 Å². The summed E-state index contributed by atoms with van der Waals surface area (Å²) in [5, 5.41) is 4.53. The fourth-order valence-electron chi connectivity index (χ4n) is 12.7. The summed E-state index contributed by atoms with van der Waals surface area (Å²) in [6.07, 6.45) is 0. The number of benzene rings is 11. The summed E-state index contributed by atoms with van der Waals surface area (Å²) >= 11 is 0. The van der Waals surface area contributed by atoms with Crippen molar-refractivity contribution in [1.82, 2.24) is 0 Å². The molecule has 3 nitrogen and oxygen atoms in total. The first-order chi connectivity index (χ1) is 35.5. The van der Waals surface area contributed by atoms with E-state index in [0.29, 0.717) is 0 Å². The van der Waals surface area contributed by atoms with Crippen LogP contribution in [-0.4, -0.2) is 0 Å². The van der Waals surface area contributed by atoms with Gasteiger partial charge < -0.3 is 13.7 Å². The molecule has 0 bridgehead atoms. The quantitative estimate of drug-likeness (QED) is 0.166. The second-order valence-corrected chi connectivity index (χ2v) is 19.6. The summed E-state index contributed by atoms with van der Waals surface area (Å²) in [6.45, 7) is 4.60. The number of furan rings is 2. The van der Waals surface area contributed by atoms with E-state index in [2.05, 4.69) is 231 Å². The Hall–Kier alpha value is -9.18. The molecule has 2 aromatic heterocycles. The lowest BCUT2D eigenvalue weighted by Gasteiger charge is -2.34. The molecule has 0 saturated heterocycles. The van der Waals surface area contributed by atoms with Crippen LogP contribution in [0, 0.1) is 13.8 Å². The molecule has 338 valence electrons. The smallest absolute Gasteiger partial charge is 0.136 e. The van der Waals surface area contributed by atoms with Crippen LogP contribution in [-0.2, 0) is 5.41 Å². The van der Waals surface area contributed by atoms with Crippen molar-refractivity contribution in [2.75, 3.05) is 4.90 Å². The minimum absolute atomic E-state index is 0.484. The summed E-state index contributed by atoms with van der Waals surface area (Å²) in [7, 11) is 0. The minimum atomic E-state index is -0.484. The monoisotopic (exact) mass is 919 g/mol. The number of anilines is 3. The van der Waals surface area contributed by atoms with E-state index < -0.39 is 5.41 Å². The molecule has 0 amide bonds. The van der Waals surface area contributed by atoms with Gasteiger partial charge in [-0.05, 0) is 176 Å². The maximum atomic E-state index is 6.33. The van der Waals surface area contributed by atoms with Gasteiger partial charge in [0.1, 0.15) is 22.3 Å². The van der Waals surface area contributed by atoms with Crippen LogP contribution in [0.3, 0.4) is 0 Å². The highest BCUT2D eigenvalue weighted by atomic mass is 16.3. The molecule has 13 aromatic rings. The van der Waals surface area contributed by atoms with Gasteiger partial charge in [-0.25, -0.2) is 0 Å². The number of hydrogen-bond donors (Lipinski definition) is 0. The largest absolute Gasteiger partial charge is 0.456 e. The Morgan fingerprint density at radius 2 is 0.736 bits per heavy atom. The first-order valence-electron chi connectivity index (χ1n) is 24.9. The molecule has 1 atom stereocenters. The predicted octanol–water partition coefficient (Wildman–Crippen LogP) is 18.9. The molecular formula is C69H45NO2. The van der Waals surface area contributed by atoms with Crippen LogP contribution < -0.4 is 4.90 Å². The molecule has 0 fully saturated rings. The van der Waals surface area contributed by atoms with Gasteiger partial charge in [0, 0.05) is 38.6 Å². The Morgan fingerprint density at radius 1 is 0.292 bits per heavy atom. The van der Waals surface area contributed by atoms with E-state index in [4.69, 9.17) is 8.83 Å². The van der Waals surface area contributed by atoms with Crippen molar-refractivity contribution in [2.45, 2.75) is 19.3 Å². The molecule has 0 aliphatic heterocycles. The van der Waals surface area contributed by atoms with Gasteiger partial charge in [0.15, 0.2) is 0 Å². The number of rotatable bonds is 6. The lowest BCUT2D eigenvalue weighted by Crippen LogP contribution is -2.28. The highest BCUT2D eigenvalue weighted by Crippen LogP contribution is 2.66. The standard InChI is InChI=1S/C69H45NO2/c1-42-13-9-21-58-53-17-3-6-24-61(53)69(66(42)58)67-43(2)14-10-22-59(67)60-23-12-20-52(68(60)69)48-15-11-16-51(39-48)70(49-33-27-44(28-34-49)46-31-37-56-54-18-4-7-25-62(54)71-64(56)40-46)50-35-29-45(30-36-50)47-32-38-57-55-19-5-8-26-63(55)72-65(57)41-47/h3-41H,1-2H3. The van der Waals surface area contributed by atoms with Crippen molar-refractivity contribution in [1.29, 1.82) is 0 Å². The van der Waals surface area contributed by atoms with Crippen LogP contribution >= 0.6 is 0 Å². The Kier molecular flexibility index (Phi) is 8.71. The van der Waals surface area contributed by atoms with Crippen molar-refractivity contribution < 1.29 is 8.83 Å². The average molecular weight is 920 g/mol. The molecule has 2 aliphatic rings. The third-order valence-corrected chi connectivity index (χ3v) is 15.7. The topological polar surface area (TPSA) is 29.5 Å². The molecule has 0 saturated carbocycles. The second-order valence-electron chi connectivity index (χ2n) is 19.6. The zero-order valence-electron chi connectivity index (χ0n) is 39.8. The predicted molar refractivity (Wildman–Crippen MR) is 298 cm³/mol. The fraction of sp³-hybridized carbons (Fsp3) is 0.0435. The first-order valence-corrected chi connectivity index (χ1v) is 24.9. The van der Waals surface area contributed by atoms with E-state index >= 15 is 0 Å². The number of hydrogen-bond acceptors (Lipinski definition) is 3. The molecule has 72 heavy (non-hydrogen) atoms. The van der Waals surface area contributed by atoms with Crippen molar-refractivity contribution in [3.63, 3.8) is 0 Å². The van der Waals surface area contributed by atoms with Crippen molar-refractivity contribution in [3.8, 4) is 55.6 Å². The van der Waals surface area contributed by atoms with E-state index in [1.54, 1.807) is 0 Å². The maximum Gasteiger partial charge on any atom is 0.136 e. The van der Waals surface area contributed by atoms with Crippen LogP contribution in [0.4, 0.5) is 17.1 Å². The Morgan fingerprint density at radius 3 is 1.33 bits per heavy atom. The van der Waals surface area contributed by atoms with Crippen molar-refractivity contribution in [3.05, 3.63) is 270 Å². The molecule has 1 unspecified atom stereocenters. The van der Waals surface area contributed by atoms with Crippen LogP contribution in [0.15, 0.2) is 245 Å². The molecule has 15 rings (SSSR count). The van der Waals surface area contributed by atoms with E-state index in [-0.39, 0.29) is 0 Å². The number of para-hydroxylation sites is 2. The SMILES string of the molecule is Cc1cccc2c1C1(c3ccccc3-2)c2c(C)cccc2-c2cccc(-c3cccc(N(c4ccc(-c5ccc6c(c5)oc5ccccc56)cc4)c4ccc(-c5ccc6c(c5)oc5ccccc56)cc4)c3)c21. The van der Waals surface area contributed by atoms with E-state index in [0.717, 1.165) is 83.2 Å². The van der Waals surface area contributed by atoms with Crippen LogP contribution in [0.2, 0.25) is 0 Å². The molecule has 3 heteroatoms. The lowest BCUT2D eigenvalue weighted by molar-refractivity contribution is 0.668. The third-order valence-electron chi connectivity index (χ3n) is 15.7. The van der Waals surface area contributed by atoms with Crippen molar-refractivity contribution >= 4 is 60.9 Å². The number of fused-ring (bicyclic) bond motifs is 16. The van der Waals surface area contributed by atoms with Gasteiger partial charge in [-0.3, -0.25) is 0 Å². The average Bonchev–Trinajstić information content (AvgIpc) is 4.17. The Bertz CT molecular complexity index is 4180. The molecule has 0 radical (unpaired) electrons. The summed E-state index contributed by atoms with van der Waals surface area (Å²) < 4.78 is 12.7. The molecule has 0 N–H and O–H groups in total. The lowest BCUT2D eigenvalue weighted by atomic mass is 9.66. The highest BCUT2D eigenvalue weighted by Gasteiger charge is 2.54. The van der Waals surface area contributed by atoms with Crippen LogP contribution in [0.25, 0.3) is 99.5 Å². The summed E-state index contributed by atoms with van der Waals surface area (Å²) in [4.78, 5) is 2.39. The van der Waals surface area contributed by atoms with Gasteiger partial charge in [0.25, 0.3) is 0 Å². The zero-order valence-corrected chi connectivity index (χ0v) is 39.8. The van der Waals surface area contributed by atoms with Gasteiger partial charge >= 0.3 is 0 Å². The fourth-order valence-corrected chi connectivity index (χ4v) is 12.7. The molecular weight excluding hydrogens is 875 g/mol.